The Morgan fingerprint density at radius 3 is 2.81 bits per heavy atom. The van der Waals surface area contributed by atoms with E-state index in [2.05, 4.69) is 9.71 Å². The number of hydrogen-bond donors (Lipinski definition) is 2. The number of nitrogens with zero attached hydrogens (tertiary/aromatic N) is 1. The maximum Gasteiger partial charge on any atom is 0.240 e. The highest BCUT2D eigenvalue weighted by atomic mass is 35.5. The van der Waals surface area contributed by atoms with Gasteiger partial charge < -0.3 is 5.11 Å². The van der Waals surface area contributed by atoms with Gasteiger partial charge in [-0.15, -0.1) is 11.3 Å². The highest BCUT2D eigenvalue weighted by Gasteiger charge is 2.15. The molecule has 0 saturated heterocycles. The fourth-order valence-corrected chi connectivity index (χ4v) is 3.67. The van der Waals surface area contributed by atoms with Crippen LogP contribution in [-0.4, -0.2) is 25.1 Å². The first kappa shape index (κ1) is 16.4. The van der Waals surface area contributed by atoms with E-state index in [9.17, 15) is 8.42 Å². The number of aliphatic hydroxyl groups is 1. The van der Waals surface area contributed by atoms with Crippen molar-refractivity contribution < 1.29 is 13.5 Å². The van der Waals surface area contributed by atoms with Crippen LogP contribution in [0.25, 0.3) is 0 Å². The van der Waals surface area contributed by atoms with Gasteiger partial charge in [0.05, 0.1) is 22.2 Å². The lowest BCUT2D eigenvalue weighted by Gasteiger charge is -2.08. The molecular formula is C13H15ClN2O3S2. The number of benzene rings is 1. The summed E-state index contributed by atoms with van der Waals surface area (Å²) in [5, 5.41) is 12.3. The van der Waals surface area contributed by atoms with Gasteiger partial charge in [-0.05, 0) is 30.7 Å². The summed E-state index contributed by atoms with van der Waals surface area (Å²) in [5.41, 5.74) is 1.25. The third kappa shape index (κ3) is 4.24. The molecule has 0 spiro atoms. The summed E-state index contributed by atoms with van der Waals surface area (Å²) >= 11 is 7.39. The first-order valence-electron chi connectivity index (χ1n) is 6.22. The average Bonchev–Trinajstić information content (AvgIpc) is 2.84. The van der Waals surface area contributed by atoms with Gasteiger partial charge in [0.15, 0.2) is 0 Å². The molecule has 0 radical (unpaired) electrons. The second kappa shape index (κ2) is 6.85. The number of aromatic nitrogens is 1. The molecule has 0 aliphatic heterocycles. The molecule has 1 aromatic heterocycles. The molecule has 5 nitrogen and oxygen atoms in total. The zero-order valence-corrected chi connectivity index (χ0v) is 13.7. The van der Waals surface area contributed by atoms with Crippen LogP contribution in [0.1, 0.15) is 16.3 Å². The molecule has 0 unspecified atom stereocenters. The second-order valence-corrected chi connectivity index (χ2v) is 7.65. The first-order valence-corrected chi connectivity index (χ1v) is 8.96. The normalized spacial score (nSPS) is 11.8. The third-order valence-corrected chi connectivity index (χ3v) is 5.49. The summed E-state index contributed by atoms with van der Waals surface area (Å²) in [4.78, 5) is 4.36. The van der Waals surface area contributed by atoms with Gasteiger partial charge in [-0.3, -0.25) is 0 Å². The van der Waals surface area contributed by atoms with Crippen molar-refractivity contribution in [3.63, 3.8) is 0 Å². The van der Waals surface area contributed by atoms with Crippen LogP contribution in [0.4, 0.5) is 0 Å². The van der Waals surface area contributed by atoms with Crippen LogP contribution in [-0.2, 0) is 23.1 Å². The fourth-order valence-electron chi connectivity index (χ4n) is 1.76. The Labute approximate surface area is 132 Å². The molecular weight excluding hydrogens is 332 g/mol. The molecule has 0 bridgehead atoms. The van der Waals surface area contributed by atoms with Crippen molar-refractivity contribution >= 4 is 33.0 Å². The molecule has 114 valence electrons. The van der Waals surface area contributed by atoms with Gasteiger partial charge in [0, 0.05) is 23.4 Å². The summed E-state index contributed by atoms with van der Waals surface area (Å²) in [6.45, 7) is 1.87. The van der Waals surface area contributed by atoms with Crippen molar-refractivity contribution in [1.82, 2.24) is 9.71 Å². The predicted molar refractivity (Wildman–Crippen MR) is 83.1 cm³/mol. The highest BCUT2D eigenvalue weighted by Crippen LogP contribution is 2.20. The summed E-state index contributed by atoms with van der Waals surface area (Å²) < 4.78 is 26.8. The Morgan fingerprint density at radius 1 is 1.43 bits per heavy atom. The number of aryl methyl sites for hydroxylation is 1. The highest BCUT2D eigenvalue weighted by molar-refractivity contribution is 7.89. The Kier molecular flexibility index (Phi) is 5.34. The van der Waals surface area contributed by atoms with Crippen molar-refractivity contribution in [1.29, 1.82) is 0 Å². The monoisotopic (exact) mass is 346 g/mol. The molecule has 0 amide bonds. The molecule has 8 heteroatoms. The van der Waals surface area contributed by atoms with E-state index in [4.69, 9.17) is 16.7 Å². The molecule has 1 aromatic carbocycles. The summed E-state index contributed by atoms with van der Waals surface area (Å²) in [6.07, 6.45) is 0.532. The van der Waals surface area contributed by atoms with E-state index in [-0.39, 0.29) is 18.0 Å². The molecule has 1 heterocycles. The van der Waals surface area contributed by atoms with Crippen LogP contribution in [0.5, 0.6) is 0 Å². The van der Waals surface area contributed by atoms with Gasteiger partial charge in [0.1, 0.15) is 0 Å². The van der Waals surface area contributed by atoms with E-state index in [0.29, 0.717) is 17.0 Å². The van der Waals surface area contributed by atoms with Crippen LogP contribution in [0.3, 0.4) is 0 Å². The summed E-state index contributed by atoms with van der Waals surface area (Å²) in [7, 11) is -3.62. The molecule has 0 saturated carbocycles. The van der Waals surface area contributed by atoms with Crippen molar-refractivity contribution in [2.24, 2.45) is 0 Å². The standard InChI is InChI=1S/C13H15ClN2O3S2/c1-9-16-11(8-20-9)4-5-15-21(18,19)12-2-3-13(14)10(6-12)7-17/h2-3,6,8,15,17H,4-5,7H2,1H3. The molecule has 0 aliphatic carbocycles. The Bertz CT molecular complexity index is 729. The Hall–Kier alpha value is -0.990. The van der Waals surface area contributed by atoms with Gasteiger partial charge in [-0.25, -0.2) is 18.1 Å². The molecule has 2 N–H and O–H groups in total. The maximum atomic E-state index is 12.2. The zero-order chi connectivity index (χ0) is 15.5. The largest absolute Gasteiger partial charge is 0.392 e. The minimum Gasteiger partial charge on any atom is -0.392 e. The van der Waals surface area contributed by atoms with E-state index in [0.717, 1.165) is 10.7 Å². The Morgan fingerprint density at radius 2 is 2.19 bits per heavy atom. The summed E-state index contributed by atoms with van der Waals surface area (Å²) in [5.74, 6) is 0. The van der Waals surface area contributed by atoms with Gasteiger partial charge in [-0.1, -0.05) is 11.6 Å². The summed E-state index contributed by atoms with van der Waals surface area (Å²) in [6, 6.07) is 4.25. The predicted octanol–water partition coefficient (Wildman–Crippen LogP) is 2.12. The van der Waals surface area contributed by atoms with Crippen LogP contribution in [0.15, 0.2) is 28.5 Å². The maximum absolute atomic E-state index is 12.2. The molecule has 2 aromatic rings. The quantitative estimate of drug-likeness (QED) is 0.839. The lowest BCUT2D eigenvalue weighted by Crippen LogP contribution is -2.26. The van der Waals surface area contributed by atoms with Crippen molar-refractivity contribution in [2.75, 3.05) is 6.54 Å². The molecule has 21 heavy (non-hydrogen) atoms. The Balaban J connectivity index is 2.04. The van der Waals surface area contributed by atoms with Gasteiger partial charge in [0.25, 0.3) is 0 Å². The number of hydrogen-bond acceptors (Lipinski definition) is 5. The van der Waals surface area contributed by atoms with Gasteiger partial charge in [-0.2, -0.15) is 0 Å². The SMILES string of the molecule is Cc1nc(CCNS(=O)(=O)c2ccc(Cl)c(CO)c2)cs1. The van der Waals surface area contributed by atoms with Crippen molar-refractivity contribution in [3.8, 4) is 0 Å². The fraction of sp³-hybridized carbons (Fsp3) is 0.308. The second-order valence-electron chi connectivity index (χ2n) is 4.42. The van der Waals surface area contributed by atoms with E-state index >= 15 is 0 Å². The van der Waals surface area contributed by atoms with Crippen LogP contribution in [0, 0.1) is 6.92 Å². The number of halogens is 1. The molecule has 0 fully saturated rings. The number of sulfonamides is 1. The van der Waals surface area contributed by atoms with E-state index < -0.39 is 10.0 Å². The topological polar surface area (TPSA) is 79.3 Å². The van der Waals surface area contributed by atoms with Crippen LogP contribution < -0.4 is 4.72 Å². The van der Waals surface area contributed by atoms with Crippen molar-refractivity contribution in [2.45, 2.75) is 24.8 Å². The van der Waals surface area contributed by atoms with Crippen LogP contribution in [0.2, 0.25) is 5.02 Å². The molecule has 2 rings (SSSR count). The number of aliphatic hydroxyl groups excluding tert-OH is 1. The minimum absolute atomic E-state index is 0.0883. The average molecular weight is 347 g/mol. The van der Waals surface area contributed by atoms with E-state index in [1.54, 1.807) is 0 Å². The van der Waals surface area contributed by atoms with Gasteiger partial charge in [0.2, 0.25) is 10.0 Å². The smallest absolute Gasteiger partial charge is 0.240 e. The lowest BCUT2D eigenvalue weighted by molar-refractivity contribution is 0.281. The zero-order valence-electron chi connectivity index (χ0n) is 11.3. The molecule has 0 aliphatic rings. The number of nitrogens with one attached hydrogen (secondary N) is 1. The van der Waals surface area contributed by atoms with E-state index in [1.807, 2.05) is 12.3 Å². The van der Waals surface area contributed by atoms with Gasteiger partial charge >= 0.3 is 0 Å². The lowest BCUT2D eigenvalue weighted by atomic mass is 10.2. The van der Waals surface area contributed by atoms with Crippen LogP contribution >= 0.6 is 22.9 Å². The number of rotatable bonds is 6. The van der Waals surface area contributed by atoms with E-state index in [1.165, 1.54) is 29.5 Å². The number of thiazole rings is 1. The minimum atomic E-state index is -3.62. The third-order valence-electron chi connectivity index (χ3n) is 2.84. The first-order chi connectivity index (χ1) is 9.92. The van der Waals surface area contributed by atoms with Crippen molar-refractivity contribution in [3.05, 3.63) is 44.9 Å². The molecule has 0 atom stereocenters.